The number of carbonyl (C=O) groups is 1. The van der Waals surface area contributed by atoms with Crippen molar-refractivity contribution in [3.05, 3.63) is 35.4 Å². The van der Waals surface area contributed by atoms with Crippen LogP contribution >= 0.6 is 12.4 Å². The highest BCUT2D eigenvalue weighted by Gasteiger charge is 2.15. The van der Waals surface area contributed by atoms with E-state index in [0.717, 1.165) is 12.1 Å². The van der Waals surface area contributed by atoms with Crippen molar-refractivity contribution in [1.82, 2.24) is 10.6 Å². The summed E-state index contributed by atoms with van der Waals surface area (Å²) in [5, 5.41) is 5.37. The summed E-state index contributed by atoms with van der Waals surface area (Å²) in [7, 11) is 3.11. The quantitative estimate of drug-likeness (QED) is 0.834. The minimum absolute atomic E-state index is 0. The molecule has 0 fully saturated rings. The fraction of sp³-hybridized carbons (Fsp3) is 0.417. The molecule has 1 amide bonds. The number of nitrogens with one attached hydrogen (secondary N) is 2. The lowest BCUT2D eigenvalue weighted by Crippen LogP contribution is -2.36. The number of hydrogen-bond donors (Lipinski definition) is 2. The zero-order valence-electron chi connectivity index (χ0n) is 10.7. The van der Waals surface area contributed by atoms with Gasteiger partial charge in [-0.25, -0.2) is 8.78 Å². The third kappa shape index (κ3) is 5.50. The van der Waals surface area contributed by atoms with Gasteiger partial charge in [0.25, 0.3) is 0 Å². The van der Waals surface area contributed by atoms with Crippen LogP contribution in [0.3, 0.4) is 0 Å². The van der Waals surface area contributed by atoms with Crippen molar-refractivity contribution in [3.63, 3.8) is 0 Å². The highest BCUT2D eigenvalue weighted by atomic mass is 35.5. The normalized spacial score (nSPS) is 11.6. The second-order valence-corrected chi connectivity index (χ2v) is 3.78. The molecule has 0 heterocycles. The number of amides is 1. The van der Waals surface area contributed by atoms with E-state index in [2.05, 4.69) is 10.6 Å². The van der Waals surface area contributed by atoms with Crippen molar-refractivity contribution < 1.29 is 18.3 Å². The van der Waals surface area contributed by atoms with Crippen LogP contribution in [0.5, 0.6) is 0 Å². The summed E-state index contributed by atoms with van der Waals surface area (Å²) >= 11 is 0. The van der Waals surface area contributed by atoms with Gasteiger partial charge in [0.15, 0.2) is 11.6 Å². The van der Waals surface area contributed by atoms with Crippen molar-refractivity contribution in [2.45, 2.75) is 6.04 Å². The summed E-state index contributed by atoms with van der Waals surface area (Å²) < 4.78 is 30.9. The van der Waals surface area contributed by atoms with Crippen LogP contribution in [0.1, 0.15) is 11.6 Å². The molecule has 0 spiro atoms. The van der Waals surface area contributed by atoms with Gasteiger partial charge in [-0.3, -0.25) is 4.79 Å². The topological polar surface area (TPSA) is 50.4 Å². The van der Waals surface area contributed by atoms with Gasteiger partial charge in [0.05, 0.1) is 19.2 Å². The van der Waals surface area contributed by atoms with E-state index < -0.39 is 17.7 Å². The summed E-state index contributed by atoms with van der Waals surface area (Å²) in [6, 6.07) is 2.99. The molecule has 0 aromatic heterocycles. The monoisotopic (exact) mass is 294 g/mol. The lowest BCUT2D eigenvalue weighted by atomic mass is 10.1. The third-order valence-corrected chi connectivity index (χ3v) is 2.35. The lowest BCUT2D eigenvalue weighted by molar-refractivity contribution is -0.121. The third-order valence-electron chi connectivity index (χ3n) is 2.35. The van der Waals surface area contributed by atoms with Crippen molar-refractivity contribution in [3.8, 4) is 0 Å². The first-order valence-electron chi connectivity index (χ1n) is 5.46. The highest BCUT2D eigenvalue weighted by Crippen LogP contribution is 2.16. The summed E-state index contributed by atoms with van der Waals surface area (Å²) in [6.45, 7) is 0.324. The maximum Gasteiger partial charge on any atom is 0.234 e. The minimum atomic E-state index is -0.948. The molecule has 1 atom stereocenters. The maximum absolute atomic E-state index is 13.1. The molecule has 4 nitrogen and oxygen atoms in total. The van der Waals surface area contributed by atoms with E-state index in [1.807, 2.05) is 0 Å². The molecule has 1 aromatic carbocycles. The van der Waals surface area contributed by atoms with Crippen LogP contribution in [0.2, 0.25) is 0 Å². The zero-order chi connectivity index (χ0) is 13.5. The second-order valence-electron chi connectivity index (χ2n) is 3.78. The Morgan fingerprint density at radius 1 is 1.37 bits per heavy atom. The van der Waals surface area contributed by atoms with Crippen molar-refractivity contribution in [2.24, 2.45) is 0 Å². The molecular weight excluding hydrogens is 278 g/mol. The van der Waals surface area contributed by atoms with Gasteiger partial charge in [0, 0.05) is 7.11 Å². The van der Waals surface area contributed by atoms with E-state index in [9.17, 15) is 13.6 Å². The van der Waals surface area contributed by atoms with E-state index in [4.69, 9.17) is 4.74 Å². The molecular formula is C12H17ClF2N2O2. The molecule has 0 bridgehead atoms. The number of carbonyl (C=O) groups excluding carboxylic acids is 1. The average molecular weight is 295 g/mol. The van der Waals surface area contributed by atoms with Crippen molar-refractivity contribution in [1.29, 1.82) is 0 Å². The first-order chi connectivity index (χ1) is 8.58. The van der Waals surface area contributed by atoms with Crippen LogP contribution in [0.4, 0.5) is 8.78 Å². The molecule has 0 radical (unpaired) electrons. The lowest BCUT2D eigenvalue weighted by Gasteiger charge is -2.18. The van der Waals surface area contributed by atoms with E-state index in [1.54, 1.807) is 7.05 Å². The predicted molar refractivity (Wildman–Crippen MR) is 70.3 cm³/mol. The van der Waals surface area contributed by atoms with E-state index in [-0.39, 0.29) is 31.5 Å². The van der Waals surface area contributed by atoms with E-state index in [0.29, 0.717) is 5.56 Å². The van der Waals surface area contributed by atoms with Gasteiger partial charge in [-0.05, 0) is 24.7 Å². The van der Waals surface area contributed by atoms with Crippen LogP contribution in [0.15, 0.2) is 18.2 Å². The number of halogens is 3. The summed E-state index contributed by atoms with van der Waals surface area (Å²) in [5.41, 5.74) is 0.459. The van der Waals surface area contributed by atoms with Gasteiger partial charge >= 0.3 is 0 Å². The first-order valence-corrected chi connectivity index (χ1v) is 5.46. The van der Waals surface area contributed by atoms with Crippen LogP contribution in [-0.2, 0) is 9.53 Å². The zero-order valence-corrected chi connectivity index (χ0v) is 11.5. The number of ether oxygens (including phenoxy) is 1. The Kier molecular flexibility index (Phi) is 8.22. The molecule has 0 aliphatic heterocycles. The van der Waals surface area contributed by atoms with Gasteiger partial charge in [0.1, 0.15) is 0 Å². The number of benzene rings is 1. The molecule has 0 aliphatic rings. The minimum Gasteiger partial charge on any atom is -0.382 e. The second kappa shape index (κ2) is 8.79. The molecule has 1 unspecified atom stereocenters. The summed E-state index contributed by atoms with van der Waals surface area (Å²) in [5.74, 6) is -2.11. The number of hydrogen-bond acceptors (Lipinski definition) is 3. The Labute approximate surface area is 116 Å². The predicted octanol–water partition coefficient (Wildman–Crippen LogP) is 1.41. The van der Waals surface area contributed by atoms with Crippen LogP contribution in [0, 0.1) is 11.6 Å². The van der Waals surface area contributed by atoms with Crippen LogP contribution in [0.25, 0.3) is 0 Å². The Bertz CT molecular complexity index is 419. The summed E-state index contributed by atoms with van der Waals surface area (Å²) in [4.78, 5) is 11.5. The fourth-order valence-electron chi connectivity index (χ4n) is 1.52. The summed E-state index contributed by atoms with van der Waals surface area (Å²) in [6.07, 6.45) is 0. The van der Waals surface area contributed by atoms with Crippen LogP contribution < -0.4 is 10.6 Å². The van der Waals surface area contributed by atoms with Crippen molar-refractivity contribution in [2.75, 3.05) is 27.3 Å². The molecule has 1 rings (SSSR count). The molecule has 108 valence electrons. The first kappa shape index (κ1) is 17.8. The maximum atomic E-state index is 13.1. The highest BCUT2D eigenvalue weighted by molar-refractivity contribution is 5.85. The molecule has 0 saturated heterocycles. The van der Waals surface area contributed by atoms with Gasteiger partial charge < -0.3 is 15.4 Å². The number of rotatable bonds is 6. The molecule has 0 saturated carbocycles. The van der Waals surface area contributed by atoms with E-state index >= 15 is 0 Å². The Morgan fingerprint density at radius 2 is 2.05 bits per heavy atom. The average Bonchev–Trinajstić information content (AvgIpc) is 2.32. The smallest absolute Gasteiger partial charge is 0.234 e. The number of methoxy groups -OCH3 is 1. The Morgan fingerprint density at radius 3 is 2.58 bits per heavy atom. The molecule has 19 heavy (non-hydrogen) atoms. The molecule has 2 N–H and O–H groups in total. The Hall–Kier alpha value is -1.24. The number of likely N-dealkylation sites (N-methyl/N-ethyl adjacent to an activating group) is 1. The van der Waals surface area contributed by atoms with Gasteiger partial charge in [0.2, 0.25) is 5.91 Å². The van der Waals surface area contributed by atoms with Crippen molar-refractivity contribution >= 4 is 18.3 Å². The van der Waals surface area contributed by atoms with Gasteiger partial charge in [-0.2, -0.15) is 0 Å². The van der Waals surface area contributed by atoms with Gasteiger partial charge in [-0.15, -0.1) is 12.4 Å². The molecule has 1 aromatic rings. The van der Waals surface area contributed by atoms with Crippen LogP contribution in [-0.4, -0.2) is 33.2 Å². The van der Waals surface area contributed by atoms with E-state index in [1.165, 1.54) is 13.2 Å². The molecule has 7 heteroatoms. The molecule has 0 aliphatic carbocycles. The Balaban J connectivity index is 0.00000324. The SMILES string of the molecule is CNCC(=O)NC(COC)c1ccc(F)c(F)c1.Cl. The fourth-order valence-corrected chi connectivity index (χ4v) is 1.52. The van der Waals surface area contributed by atoms with Gasteiger partial charge in [-0.1, -0.05) is 6.07 Å². The largest absolute Gasteiger partial charge is 0.382 e. The standard InChI is InChI=1S/C12H16F2N2O2.ClH/c1-15-6-12(17)16-11(7-18-2)8-3-4-9(13)10(14)5-8;/h3-5,11,15H,6-7H2,1-2H3,(H,16,17);1H.